The van der Waals surface area contributed by atoms with Crippen LogP contribution in [0.4, 0.5) is 4.79 Å². The minimum atomic E-state index is -1.21. The molecular formula is C18H23NO4. The molecule has 0 radical (unpaired) electrons. The molecule has 124 valence electrons. The van der Waals surface area contributed by atoms with E-state index in [1.807, 2.05) is 37.3 Å². The summed E-state index contributed by atoms with van der Waals surface area (Å²) < 4.78 is 5.43. The van der Waals surface area contributed by atoms with Crippen LogP contribution >= 0.6 is 0 Å². The van der Waals surface area contributed by atoms with Gasteiger partial charge in [0, 0.05) is 11.5 Å². The van der Waals surface area contributed by atoms with Gasteiger partial charge in [0.25, 0.3) is 0 Å². The predicted octanol–water partition coefficient (Wildman–Crippen LogP) is 3.43. The normalized spacial score (nSPS) is 21.1. The van der Waals surface area contributed by atoms with E-state index in [9.17, 15) is 14.7 Å². The van der Waals surface area contributed by atoms with Crippen LogP contribution in [0.3, 0.4) is 0 Å². The van der Waals surface area contributed by atoms with Gasteiger partial charge in [-0.2, -0.15) is 0 Å². The first-order chi connectivity index (χ1) is 10.9. The van der Waals surface area contributed by atoms with Gasteiger partial charge < -0.3 is 9.84 Å². The first-order valence-electron chi connectivity index (χ1n) is 8.12. The molecule has 5 nitrogen and oxygen atoms in total. The Morgan fingerprint density at radius 3 is 2.39 bits per heavy atom. The number of aliphatic carboxylic acids is 1. The van der Waals surface area contributed by atoms with Gasteiger partial charge in [-0.15, -0.1) is 0 Å². The highest BCUT2D eigenvalue weighted by molar-refractivity contribution is 5.86. The van der Waals surface area contributed by atoms with E-state index in [0.29, 0.717) is 0 Å². The molecule has 2 aliphatic rings. The zero-order chi connectivity index (χ0) is 16.7. The number of amides is 1. The fraction of sp³-hybridized carbons (Fsp3) is 0.556. The minimum absolute atomic E-state index is 0.0169. The van der Waals surface area contributed by atoms with E-state index < -0.39 is 17.6 Å². The Morgan fingerprint density at radius 2 is 1.91 bits per heavy atom. The molecule has 0 aromatic heterocycles. The van der Waals surface area contributed by atoms with E-state index in [0.717, 1.165) is 31.2 Å². The standard InChI is InChI=1S/C18H23NO4/c1-17(10-11-17)18(2,15(20)21)19(14-8-9-14)16(22)23-12-13-6-4-3-5-7-13/h3-7,14H,8-12H2,1-2H3,(H,20,21). The molecule has 1 N–H and O–H groups in total. The third kappa shape index (κ3) is 2.80. The number of carboxylic acids is 1. The smallest absolute Gasteiger partial charge is 0.411 e. The zero-order valence-electron chi connectivity index (χ0n) is 13.6. The monoisotopic (exact) mass is 317 g/mol. The van der Waals surface area contributed by atoms with E-state index in [1.54, 1.807) is 6.92 Å². The second-order valence-corrected chi connectivity index (χ2v) is 7.08. The Hall–Kier alpha value is -2.04. The van der Waals surface area contributed by atoms with Gasteiger partial charge in [0.15, 0.2) is 0 Å². The van der Waals surface area contributed by atoms with Gasteiger partial charge in [0.2, 0.25) is 0 Å². The minimum Gasteiger partial charge on any atom is -0.479 e. The van der Waals surface area contributed by atoms with Crippen molar-refractivity contribution >= 4 is 12.1 Å². The molecule has 1 aromatic rings. The summed E-state index contributed by atoms with van der Waals surface area (Å²) in [4.78, 5) is 26.2. The molecular weight excluding hydrogens is 294 g/mol. The average Bonchev–Trinajstić information content (AvgIpc) is 3.44. The van der Waals surface area contributed by atoms with Crippen LogP contribution in [0.5, 0.6) is 0 Å². The van der Waals surface area contributed by atoms with Gasteiger partial charge >= 0.3 is 12.1 Å². The van der Waals surface area contributed by atoms with Crippen LogP contribution in [0.15, 0.2) is 30.3 Å². The third-order valence-corrected chi connectivity index (χ3v) is 5.39. The molecule has 1 aromatic carbocycles. The lowest BCUT2D eigenvalue weighted by Crippen LogP contribution is -2.61. The van der Waals surface area contributed by atoms with Gasteiger partial charge in [-0.05, 0) is 38.2 Å². The molecule has 0 spiro atoms. The number of hydrogen-bond acceptors (Lipinski definition) is 3. The molecule has 2 fully saturated rings. The lowest BCUT2D eigenvalue weighted by atomic mass is 9.82. The van der Waals surface area contributed by atoms with Crippen molar-refractivity contribution in [3.63, 3.8) is 0 Å². The van der Waals surface area contributed by atoms with Crippen molar-refractivity contribution < 1.29 is 19.4 Å². The highest BCUT2D eigenvalue weighted by atomic mass is 16.6. The van der Waals surface area contributed by atoms with Gasteiger partial charge in [-0.1, -0.05) is 37.3 Å². The van der Waals surface area contributed by atoms with Crippen LogP contribution in [0, 0.1) is 5.41 Å². The Kier molecular flexibility index (Phi) is 3.82. The van der Waals surface area contributed by atoms with E-state index in [1.165, 1.54) is 4.90 Å². The quantitative estimate of drug-likeness (QED) is 0.873. The summed E-state index contributed by atoms with van der Waals surface area (Å²) >= 11 is 0. The van der Waals surface area contributed by atoms with Crippen LogP contribution in [0.1, 0.15) is 45.1 Å². The highest BCUT2D eigenvalue weighted by Crippen LogP contribution is 2.57. The fourth-order valence-corrected chi connectivity index (χ4v) is 3.14. The highest BCUT2D eigenvalue weighted by Gasteiger charge is 2.64. The van der Waals surface area contributed by atoms with Crippen molar-refractivity contribution in [2.24, 2.45) is 5.41 Å². The molecule has 1 unspecified atom stereocenters. The molecule has 2 saturated carbocycles. The predicted molar refractivity (Wildman–Crippen MR) is 84.9 cm³/mol. The first kappa shape index (κ1) is 15.8. The fourth-order valence-electron chi connectivity index (χ4n) is 3.14. The number of carboxylic acid groups (broad SMARTS) is 1. The molecule has 0 heterocycles. The van der Waals surface area contributed by atoms with Gasteiger partial charge in [-0.3, -0.25) is 4.90 Å². The summed E-state index contributed by atoms with van der Waals surface area (Å²) in [5, 5.41) is 9.84. The van der Waals surface area contributed by atoms with Crippen LogP contribution in [-0.4, -0.2) is 33.6 Å². The number of benzene rings is 1. The number of carbonyl (C=O) groups excluding carboxylic acids is 1. The molecule has 1 atom stereocenters. The van der Waals surface area contributed by atoms with E-state index >= 15 is 0 Å². The summed E-state index contributed by atoms with van der Waals surface area (Å²) in [6.45, 7) is 3.78. The topological polar surface area (TPSA) is 66.8 Å². The van der Waals surface area contributed by atoms with Crippen molar-refractivity contribution in [1.82, 2.24) is 4.90 Å². The van der Waals surface area contributed by atoms with Gasteiger partial charge in [0.05, 0.1) is 0 Å². The SMILES string of the molecule is CC1(C(C)(C(=O)O)N(C(=O)OCc2ccccc2)C2CC2)CC1. The van der Waals surface area contributed by atoms with Crippen LogP contribution in [0.2, 0.25) is 0 Å². The maximum atomic E-state index is 12.7. The second kappa shape index (κ2) is 5.55. The number of rotatable bonds is 6. The summed E-state index contributed by atoms with van der Waals surface area (Å²) in [6, 6.07) is 9.41. The first-order valence-corrected chi connectivity index (χ1v) is 8.12. The summed E-state index contributed by atoms with van der Waals surface area (Å²) in [5.74, 6) is -0.943. The Labute approximate surface area is 136 Å². The Morgan fingerprint density at radius 1 is 1.30 bits per heavy atom. The zero-order valence-corrected chi connectivity index (χ0v) is 13.6. The van der Waals surface area contributed by atoms with Gasteiger partial charge in [0.1, 0.15) is 12.1 Å². The third-order valence-electron chi connectivity index (χ3n) is 5.39. The van der Waals surface area contributed by atoms with Crippen LogP contribution in [0.25, 0.3) is 0 Å². The maximum Gasteiger partial charge on any atom is 0.411 e. The van der Waals surface area contributed by atoms with Crippen molar-refractivity contribution in [2.45, 2.75) is 57.7 Å². The van der Waals surface area contributed by atoms with Crippen molar-refractivity contribution in [3.05, 3.63) is 35.9 Å². The van der Waals surface area contributed by atoms with Crippen molar-refractivity contribution in [1.29, 1.82) is 0 Å². The largest absolute Gasteiger partial charge is 0.479 e. The van der Waals surface area contributed by atoms with Crippen LogP contribution in [-0.2, 0) is 16.1 Å². The number of carbonyl (C=O) groups is 2. The van der Waals surface area contributed by atoms with E-state index in [4.69, 9.17) is 4.74 Å². The van der Waals surface area contributed by atoms with Crippen LogP contribution < -0.4 is 0 Å². The molecule has 0 bridgehead atoms. The lowest BCUT2D eigenvalue weighted by molar-refractivity contribution is -0.154. The number of nitrogens with zero attached hydrogens (tertiary/aromatic N) is 1. The Balaban J connectivity index is 1.78. The van der Waals surface area contributed by atoms with Crippen molar-refractivity contribution in [3.8, 4) is 0 Å². The molecule has 5 heteroatoms. The number of hydrogen-bond donors (Lipinski definition) is 1. The maximum absolute atomic E-state index is 12.7. The molecule has 3 rings (SSSR count). The number of ether oxygens (including phenoxy) is 1. The second-order valence-electron chi connectivity index (χ2n) is 7.08. The summed E-state index contributed by atoms with van der Waals surface area (Å²) in [6.07, 6.45) is 2.82. The molecule has 1 amide bonds. The average molecular weight is 317 g/mol. The summed E-state index contributed by atoms with van der Waals surface area (Å²) in [5.41, 5.74) is -0.680. The lowest BCUT2D eigenvalue weighted by Gasteiger charge is -2.42. The molecule has 0 aliphatic heterocycles. The van der Waals surface area contributed by atoms with Crippen molar-refractivity contribution in [2.75, 3.05) is 0 Å². The molecule has 0 saturated heterocycles. The van der Waals surface area contributed by atoms with E-state index in [-0.39, 0.29) is 18.1 Å². The van der Waals surface area contributed by atoms with E-state index in [2.05, 4.69) is 0 Å². The van der Waals surface area contributed by atoms with Gasteiger partial charge in [-0.25, -0.2) is 9.59 Å². The molecule has 23 heavy (non-hydrogen) atoms. The Bertz CT molecular complexity index is 607. The summed E-state index contributed by atoms with van der Waals surface area (Å²) in [7, 11) is 0. The molecule has 2 aliphatic carbocycles.